The molecule has 1 saturated heterocycles. The molecule has 0 radical (unpaired) electrons. The van der Waals surface area contributed by atoms with Gasteiger partial charge in [0.25, 0.3) is 5.91 Å². The molecule has 0 spiro atoms. The first-order valence-corrected chi connectivity index (χ1v) is 7.64. The molecule has 1 fully saturated rings. The molecule has 0 bridgehead atoms. The molecule has 1 aromatic rings. The summed E-state index contributed by atoms with van der Waals surface area (Å²) in [5.41, 5.74) is -1.10. The number of nitrogens with zero attached hydrogens (tertiary/aromatic N) is 1. The lowest BCUT2D eigenvalue weighted by atomic mass is 10.0. The van der Waals surface area contributed by atoms with Crippen LogP contribution in [0.5, 0.6) is 0 Å². The first-order chi connectivity index (χ1) is 11.1. The molecule has 1 aliphatic heterocycles. The first kappa shape index (κ1) is 21.2. The van der Waals surface area contributed by atoms with Gasteiger partial charge in [-0.3, -0.25) is 9.59 Å². The van der Waals surface area contributed by atoms with Crippen molar-refractivity contribution in [1.29, 1.82) is 0 Å². The fourth-order valence-corrected chi connectivity index (χ4v) is 2.70. The highest BCUT2D eigenvalue weighted by atomic mass is 35.5. The van der Waals surface area contributed by atoms with Gasteiger partial charge in [-0.05, 0) is 32.0 Å². The summed E-state index contributed by atoms with van der Waals surface area (Å²) in [6, 6.07) is 2.82. The molecule has 1 aliphatic rings. The van der Waals surface area contributed by atoms with E-state index < -0.39 is 23.6 Å². The molecule has 2 N–H and O–H groups in total. The lowest BCUT2D eigenvalue weighted by Crippen LogP contribution is -2.57. The van der Waals surface area contributed by atoms with Gasteiger partial charge in [0.15, 0.2) is 0 Å². The summed E-state index contributed by atoms with van der Waals surface area (Å²) in [7, 11) is 0. The van der Waals surface area contributed by atoms with E-state index in [2.05, 4.69) is 10.6 Å². The number of carbonyl (C=O) groups is 2. The summed E-state index contributed by atoms with van der Waals surface area (Å²) in [5, 5.41) is 5.52. The minimum absolute atomic E-state index is 0. The van der Waals surface area contributed by atoms with Crippen molar-refractivity contribution in [3.63, 3.8) is 0 Å². The molecule has 2 atom stereocenters. The van der Waals surface area contributed by atoms with Crippen LogP contribution >= 0.6 is 12.4 Å². The Kier molecular flexibility index (Phi) is 6.84. The van der Waals surface area contributed by atoms with Gasteiger partial charge in [-0.2, -0.15) is 13.2 Å². The summed E-state index contributed by atoms with van der Waals surface area (Å²) >= 11 is 0. The molecule has 0 saturated carbocycles. The highest BCUT2D eigenvalue weighted by molar-refractivity contribution is 5.97. The average Bonchev–Trinajstić information content (AvgIpc) is 2.47. The predicted molar refractivity (Wildman–Crippen MR) is 91.0 cm³/mol. The number of alkyl halides is 3. The van der Waals surface area contributed by atoms with E-state index in [1.807, 2.05) is 13.8 Å². The molecule has 140 valence electrons. The second kappa shape index (κ2) is 8.05. The Bertz CT molecular complexity index is 652. The molecular formula is C16H21ClF3N3O2. The summed E-state index contributed by atoms with van der Waals surface area (Å²) in [6.07, 6.45) is -4.61. The number of anilines is 1. The van der Waals surface area contributed by atoms with Crippen molar-refractivity contribution in [3.8, 4) is 0 Å². The van der Waals surface area contributed by atoms with Gasteiger partial charge in [0.05, 0.1) is 5.56 Å². The Morgan fingerprint density at radius 3 is 2.44 bits per heavy atom. The Hall–Kier alpha value is -1.80. The fraction of sp³-hybridized carbons (Fsp3) is 0.500. The van der Waals surface area contributed by atoms with Crippen LogP contribution in [-0.2, 0) is 11.0 Å². The topological polar surface area (TPSA) is 61.4 Å². The normalized spacial score (nSPS) is 20.6. The third-order valence-corrected chi connectivity index (χ3v) is 4.12. The number of amides is 2. The number of nitrogens with one attached hydrogen (secondary N) is 2. The van der Waals surface area contributed by atoms with E-state index in [1.54, 1.807) is 4.90 Å². The lowest BCUT2D eigenvalue weighted by molar-refractivity contribution is -0.137. The summed E-state index contributed by atoms with van der Waals surface area (Å²) in [6.45, 7) is 5.95. The Morgan fingerprint density at radius 1 is 1.24 bits per heavy atom. The van der Waals surface area contributed by atoms with Crippen molar-refractivity contribution < 1.29 is 22.8 Å². The third-order valence-electron chi connectivity index (χ3n) is 4.12. The van der Waals surface area contributed by atoms with Gasteiger partial charge in [0, 0.05) is 43.3 Å². The molecular weight excluding hydrogens is 359 g/mol. The van der Waals surface area contributed by atoms with E-state index in [9.17, 15) is 22.8 Å². The van der Waals surface area contributed by atoms with Crippen LogP contribution in [0, 0.1) is 0 Å². The van der Waals surface area contributed by atoms with Crippen LogP contribution in [-0.4, -0.2) is 41.9 Å². The van der Waals surface area contributed by atoms with Crippen molar-refractivity contribution in [2.45, 2.75) is 39.0 Å². The molecule has 0 aliphatic carbocycles. The third kappa shape index (κ3) is 5.09. The smallest absolute Gasteiger partial charge is 0.333 e. The van der Waals surface area contributed by atoms with Crippen LogP contribution < -0.4 is 10.6 Å². The monoisotopic (exact) mass is 379 g/mol. The second-order valence-electron chi connectivity index (χ2n) is 5.96. The highest BCUT2D eigenvalue weighted by Gasteiger charge is 2.34. The van der Waals surface area contributed by atoms with Gasteiger partial charge in [-0.15, -0.1) is 12.4 Å². The zero-order valence-electron chi connectivity index (χ0n) is 14.1. The van der Waals surface area contributed by atoms with E-state index in [1.165, 1.54) is 13.0 Å². The van der Waals surface area contributed by atoms with Crippen molar-refractivity contribution >= 4 is 29.9 Å². The molecule has 2 amide bonds. The maximum atomic E-state index is 13.1. The number of carbonyl (C=O) groups excluding carboxylic acids is 2. The van der Waals surface area contributed by atoms with Crippen molar-refractivity contribution in [2.75, 3.05) is 18.4 Å². The zero-order chi connectivity index (χ0) is 18.1. The van der Waals surface area contributed by atoms with E-state index in [0.717, 1.165) is 12.1 Å². The molecule has 1 heterocycles. The molecule has 1 aromatic carbocycles. The van der Waals surface area contributed by atoms with E-state index >= 15 is 0 Å². The first-order valence-electron chi connectivity index (χ1n) is 7.64. The summed E-state index contributed by atoms with van der Waals surface area (Å²) < 4.78 is 39.2. The van der Waals surface area contributed by atoms with Crippen LogP contribution in [0.15, 0.2) is 18.2 Å². The second-order valence-corrected chi connectivity index (χ2v) is 5.96. The molecule has 25 heavy (non-hydrogen) atoms. The van der Waals surface area contributed by atoms with Crippen LogP contribution in [0.2, 0.25) is 0 Å². The maximum Gasteiger partial charge on any atom is 0.416 e. The van der Waals surface area contributed by atoms with Gasteiger partial charge < -0.3 is 15.5 Å². The van der Waals surface area contributed by atoms with Crippen molar-refractivity contribution in [2.24, 2.45) is 0 Å². The van der Waals surface area contributed by atoms with Gasteiger partial charge >= 0.3 is 6.18 Å². The average molecular weight is 380 g/mol. The Balaban J connectivity index is 0.00000312. The van der Waals surface area contributed by atoms with E-state index in [0.29, 0.717) is 13.1 Å². The van der Waals surface area contributed by atoms with Crippen molar-refractivity contribution in [1.82, 2.24) is 10.2 Å². The van der Waals surface area contributed by atoms with Crippen LogP contribution in [0.4, 0.5) is 18.9 Å². The minimum atomic E-state index is -4.61. The Labute approximate surface area is 150 Å². The van der Waals surface area contributed by atoms with Crippen LogP contribution in [0.1, 0.15) is 36.7 Å². The minimum Gasteiger partial charge on any atom is -0.333 e. The number of hydrogen-bond donors (Lipinski definition) is 2. The van der Waals surface area contributed by atoms with E-state index in [-0.39, 0.29) is 35.7 Å². The highest BCUT2D eigenvalue weighted by Crippen LogP contribution is 2.32. The molecule has 0 aromatic heterocycles. The number of rotatable bonds is 2. The van der Waals surface area contributed by atoms with Crippen molar-refractivity contribution in [3.05, 3.63) is 29.3 Å². The van der Waals surface area contributed by atoms with Crippen LogP contribution in [0.3, 0.4) is 0 Å². The maximum absolute atomic E-state index is 13.1. The molecule has 2 unspecified atom stereocenters. The van der Waals surface area contributed by atoms with Crippen LogP contribution in [0.25, 0.3) is 0 Å². The number of halogens is 4. The SMILES string of the molecule is CC(=O)Nc1cc(C(=O)N2CCNC(C)C2C)cc(C(F)(F)F)c1.Cl. The van der Waals surface area contributed by atoms with Gasteiger partial charge in [0.2, 0.25) is 5.91 Å². The molecule has 5 nitrogen and oxygen atoms in total. The zero-order valence-corrected chi connectivity index (χ0v) is 14.9. The molecule has 2 rings (SSSR count). The summed E-state index contributed by atoms with van der Waals surface area (Å²) in [5.74, 6) is -0.981. The Morgan fingerprint density at radius 2 is 1.88 bits per heavy atom. The fourth-order valence-electron chi connectivity index (χ4n) is 2.70. The lowest BCUT2D eigenvalue weighted by Gasteiger charge is -2.38. The predicted octanol–water partition coefficient (Wildman–Crippen LogP) is 2.91. The molecule has 9 heteroatoms. The number of hydrogen-bond acceptors (Lipinski definition) is 3. The quantitative estimate of drug-likeness (QED) is 0.830. The standard InChI is InChI=1S/C16H20F3N3O2.ClH/c1-9-10(2)22(5-4-20-9)15(24)12-6-13(16(17,18)19)8-14(7-12)21-11(3)23;/h6-10,20H,4-5H2,1-3H3,(H,21,23);1H. The van der Waals surface area contributed by atoms with Gasteiger partial charge in [-0.1, -0.05) is 0 Å². The number of piperazine rings is 1. The largest absolute Gasteiger partial charge is 0.416 e. The van der Waals surface area contributed by atoms with E-state index in [4.69, 9.17) is 0 Å². The number of benzene rings is 1. The van der Waals surface area contributed by atoms with Gasteiger partial charge in [0.1, 0.15) is 0 Å². The summed E-state index contributed by atoms with van der Waals surface area (Å²) in [4.78, 5) is 25.4. The van der Waals surface area contributed by atoms with Gasteiger partial charge in [-0.25, -0.2) is 0 Å².